The number of fused-ring (bicyclic) bond motifs is 1. The number of nitrogens with one attached hydrogen (secondary N) is 1. The van der Waals surface area contributed by atoms with E-state index in [-0.39, 0.29) is 16.8 Å². The Morgan fingerprint density at radius 2 is 1.93 bits per heavy atom. The predicted octanol–water partition coefficient (Wildman–Crippen LogP) is 4.29. The van der Waals surface area contributed by atoms with Crippen molar-refractivity contribution in [2.24, 2.45) is 0 Å². The highest BCUT2D eigenvalue weighted by Gasteiger charge is 2.35. The van der Waals surface area contributed by atoms with Gasteiger partial charge in [-0.2, -0.15) is 4.31 Å². The molecule has 1 saturated carbocycles. The van der Waals surface area contributed by atoms with E-state index in [2.05, 4.69) is 10.3 Å². The van der Waals surface area contributed by atoms with E-state index in [1.807, 2.05) is 19.1 Å². The first-order valence-electron chi connectivity index (χ1n) is 8.72. The van der Waals surface area contributed by atoms with Gasteiger partial charge in [0.25, 0.3) is 5.91 Å². The van der Waals surface area contributed by atoms with Crippen LogP contribution in [0.25, 0.3) is 10.2 Å². The first-order valence-corrected chi connectivity index (χ1v) is 11.4. The monoisotopic (exact) mass is 435 g/mol. The van der Waals surface area contributed by atoms with Crippen LogP contribution < -0.4 is 5.32 Å². The van der Waals surface area contributed by atoms with E-state index in [1.54, 1.807) is 7.05 Å². The quantitative estimate of drug-likeness (QED) is 0.648. The molecular formula is C19H18ClN3O3S2. The number of thiazole rings is 1. The molecule has 1 aliphatic rings. The van der Waals surface area contributed by atoms with Crippen molar-refractivity contribution in [2.75, 3.05) is 12.4 Å². The first-order chi connectivity index (χ1) is 13.3. The lowest BCUT2D eigenvalue weighted by molar-refractivity contribution is 0.102. The summed E-state index contributed by atoms with van der Waals surface area (Å²) >= 11 is 7.41. The molecule has 9 heteroatoms. The van der Waals surface area contributed by atoms with Crippen LogP contribution in [-0.4, -0.2) is 36.7 Å². The van der Waals surface area contributed by atoms with Gasteiger partial charge in [-0.25, -0.2) is 13.4 Å². The van der Waals surface area contributed by atoms with Crippen molar-refractivity contribution in [1.29, 1.82) is 0 Å². The number of amides is 1. The zero-order chi connectivity index (χ0) is 20.1. The summed E-state index contributed by atoms with van der Waals surface area (Å²) in [4.78, 5) is 17.2. The molecule has 146 valence electrons. The highest BCUT2D eigenvalue weighted by atomic mass is 35.5. The molecule has 0 saturated heterocycles. The molecular weight excluding hydrogens is 418 g/mol. The Hall–Kier alpha value is -2.00. The number of carbonyl (C=O) groups is 1. The molecule has 1 N–H and O–H groups in total. The highest BCUT2D eigenvalue weighted by molar-refractivity contribution is 7.89. The van der Waals surface area contributed by atoms with Crippen LogP contribution in [0.2, 0.25) is 5.02 Å². The molecule has 0 unspecified atom stereocenters. The van der Waals surface area contributed by atoms with Gasteiger partial charge in [0.05, 0.1) is 15.1 Å². The van der Waals surface area contributed by atoms with Crippen molar-refractivity contribution >= 4 is 54.2 Å². The van der Waals surface area contributed by atoms with Crippen molar-refractivity contribution in [1.82, 2.24) is 9.29 Å². The summed E-state index contributed by atoms with van der Waals surface area (Å²) in [5.74, 6) is -0.345. The number of benzene rings is 2. The van der Waals surface area contributed by atoms with Crippen molar-refractivity contribution < 1.29 is 13.2 Å². The number of hydrogen-bond acceptors (Lipinski definition) is 5. The van der Waals surface area contributed by atoms with Crippen molar-refractivity contribution in [3.05, 3.63) is 52.5 Å². The van der Waals surface area contributed by atoms with E-state index in [0.29, 0.717) is 15.7 Å². The van der Waals surface area contributed by atoms with Crippen molar-refractivity contribution in [2.45, 2.75) is 30.7 Å². The van der Waals surface area contributed by atoms with Gasteiger partial charge >= 0.3 is 0 Å². The number of nitrogens with zero attached hydrogens (tertiary/aromatic N) is 2. The molecule has 1 amide bonds. The summed E-state index contributed by atoms with van der Waals surface area (Å²) in [6, 6.07) is 9.68. The first kappa shape index (κ1) is 19.3. The average Bonchev–Trinajstić information content (AvgIpc) is 3.42. The fourth-order valence-electron chi connectivity index (χ4n) is 2.96. The topological polar surface area (TPSA) is 79.4 Å². The van der Waals surface area contributed by atoms with Crippen LogP contribution in [0, 0.1) is 6.92 Å². The van der Waals surface area contributed by atoms with E-state index in [1.165, 1.54) is 39.9 Å². The van der Waals surface area contributed by atoms with Gasteiger partial charge in [-0.05, 0) is 61.7 Å². The third kappa shape index (κ3) is 3.65. The van der Waals surface area contributed by atoms with Crippen molar-refractivity contribution in [3.8, 4) is 0 Å². The lowest BCUT2D eigenvalue weighted by Crippen LogP contribution is -2.29. The second-order valence-corrected chi connectivity index (χ2v) is 10.3. The van der Waals surface area contributed by atoms with E-state index in [0.717, 1.165) is 28.6 Å². The summed E-state index contributed by atoms with van der Waals surface area (Å²) in [6.45, 7) is 1.91. The highest BCUT2D eigenvalue weighted by Crippen LogP contribution is 2.32. The summed E-state index contributed by atoms with van der Waals surface area (Å²) in [6.07, 6.45) is 1.78. The Labute approximate surface area is 172 Å². The van der Waals surface area contributed by atoms with Gasteiger partial charge in [0.2, 0.25) is 10.0 Å². The SMILES string of the molecule is Cc1cc(Cl)cc2sc(NC(=O)c3ccc(S(=O)(=O)N(C)C4CC4)cc3)nc12. The molecule has 6 nitrogen and oxygen atoms in total. The second-order valence-electron chi connectivity index (χ2n) is 6.82. The predicted molar refractivity (Wildman–Crippen MR) is 112 cm³/mol. The fourth-order valence-corrected chi connectivity index (χ4v) is 5.69. The van der Waals surface area contributed by atoms with Gasteiger partial charge < -0.3 is 0 Å². The van der Waals surface area contributed by atoms with Crippen LogP contribution in [0.5, 0.6) is 0 Å². The van der Waals surface area contributed by atoms with Crippen molar-refractivity contribution in [3.63, 3.8) is 0 Å². The Kier molecular flexibility index (Phi) is 4.91. The number of rotatable bonds is 5. The molecule has 1 aromatic heterocycles. The molecule has 1 aliphatic carbocycles. The Bertz CT molecular complexity index is 1170. The average molecular weight is 436 g/mol. The maximum absolute atomic E-state index is 12.6. The molecule has 4 rings (SSSR count). The fraction of sp³-hybridized carbons (Fsp3) is 0.263. The van der Waals surface area contributed by atoms with Crippen LogP contribution >= 0.6 is 22.9 Å². The zero-order valence-corrected chi connectivity index (χ0v) is 17.7. The molecule has 0 aliphatic heterocycles. The minimum atomic E-state index is -3.52. The molecule has 0 spiro atoms. The number of hydrogen-bond donors (Lipinski definition) is 1. The molecule has 3 aromatic rings. The normalized spacial score (nSPS) is 14.6. The van der Waals surface area contributed by atoms with E-state index in [4.69, 9.17) is 11.6 Å². The van der Waals surface area contributed by atoms with Crippen LogP contribution in [0.1, 0.15) is 28.8 Å². The minimum Gasteiger partial charge on any atom is -0.298 e. The van der Waals surface area contributed by atoms with Crippen LogP contribution in [-0.2, 0) is 10.0 Å². The molecule has 0 bridgehead atoms. The Morgan fingerprint density at radius 1 is 1.25 bits per heavy atom. The lowest BCUT2D eigenvalue weighted by Gasteiger charge is -2.16. The third-order valence-electron chi connectivity index (χ3n) is 4.73. The minimum absolute atomic E-state index is 0.0870. The number of aromatic nitrogens is 1. The van der Waals surface area contributed by atoms with Gasteiger partial charge in [0.15, 0.2) is 5.13 Å². The molecule has 28 heavy (non-hydrogen) atoms. The van der Waals surface area contributed by atoms with E-state index in [9.17, 15) is 13.2 Å². The molecule has 0 atom stereocenters. The summed E-state index contributed by atoms with van der Waals surface area (Å²) < 4.78 is 27.4. The van der Waals surface area contributed by atoms with Gasteiger partial charge in [-0.3, -0.25) is 10.1 Å². The van der Waals surface area contributed by atoms with Crippen LogP contribution in [0.4, 0.5) is 5.13 Å². The van der Waals surface area contributed by atoms with Gasteiger partial charge in [0, 0.05) is 23.7 Å². The van der Waals surface area contributed by atoms with Gasteiger partial charge in [0.1, 0.15) is 0 Å². The number of aryl methyl sites for hydroxylation is 1. The van der Waals surface area contributed by atoms with Gasteiger partial charge in [-0.15, -0.1) is 0 Å². The molecule has 2 aromatic carbocycles. The Morgan fingerprint density at radius 3 is 2.57 bits per heavy atom. The smallest absolute Gasteiger partial charge is 0.257 e. The maximum Gasteiger partial charge on any atom is 0.257 e. The summed E-state index contributed by atoms with van der Waals surface area (Å²) in [5.41, 5.74) is 2.10. The van der Waals surface area contributed by atoms with E-state index < -0.39 is 10.0 Å². The number of anilines is 1. The lowest BCUT2D eigenvalue weighted by atomic mass is 10.2. The molecule has 1 heterocycles. The number of sulfonamides is 1. The number of halogens is 1. The van der Waals surface area contributed by atoms with Crippen LogP contribution in [0.3, 0.4) is 0 Å². The number of carbonyl (C=O) groups excluding carboxylic acids is 1. The Balaban J connectivity index is 1.53. The summed E-state index contributed by atoms with van der Waals surface area (Å²) in [5, 5.41) is 3.86. The maximum atomic E-state index is 12.6. The standard InChI is InChI=1S/C19H18ClN3O3S2/c1-11-9-13(20)10-16-17(11)21-19(27-16)22-18(24)12-3-7-15(8-4-12)28(25,26)23(2)14-5-6-14/h3-4,7-10,14H,5-6H2,1-2H3,(H,21,22,24). The largest absolute Gasteiger partial charge is 0.298 e. The van der Waals surface area contributed by atoms with E-state index >= 15 is 0 Å². The second kappa shape index (κ2) is 7.11. The van der Waals surface area contributed by atoms with Crippen LogP contribution in [0.15, 0.2) is 41.3 Å². The third-order valence-corrected chi connectivity index (χ3v) is 7.79. The molecule has 1 fully saturated rings. The zero-order valence-electron chi connectivity index (χ0n) is 15.3. The summed E-state index contributed by atoms with van der Waals surface area (Å²) in [7, 11) is -1.93. The molecule has 0 radical (unpaired) electrons. The van der Waals surface area contributed by atoms with Gasteiger partial charge in [-0.1, -0.05) is 22.9 Å².